The smallest absolute Gasteiger partial charge is 0.319 e. The van der Waals surface area contributed by atoms with E-state index in [1.807, 2.05) is 18.4 Å². The lowest BCUT2D eigenvalue weighted by Gasteiger charge is -2.08. The summed E-state index contributed by atoms with van der Waals surface area (Å²) >= 11 is 1.75. The number of hydrogen-bond acceptors (Lipinski definition) is 3. The SMILES string of the molecule is CSCCCNC(=O)Nc1ccc(CCC(=O)O)cc1. The molecule has 3 N–H and O–H groups in total. The zero-order chi connectivity index (χ0) is 14.8. The Bertz CT molecular complexity index is 435. The molecule has 20 heavy (non-hydrogen) atoms. The number of aryl methyl sites for hydroxylation is 1. The molecule has 6 heteroatoms. The van der Waals surface area contributed by atoms with Gasteiger partial charge in [0.1, 0.15) is 0 Å². The maximum Gasteiger partial charge on any atom is 0.319 e. The lowest BCUT2D eigenvalue weighted by Crippen LogP contribution is -2.29. The summed E-state index contributed by atoms with van der Waals surface area (Å²) in [5, 5.41) is 14.1. The van der Waals surface area contributed by atoms with Gasteiger partial charge in [-0.25, -0.2) is 4.79 Å². The third-order valence-electron chi connectivity index (χ3n) is 2.65. The van der Waals surface area contributed by atoms with E-state index in [1.54, 1.807) is 23.9 Å². The Morgan fingerprint density at radius 3 is 2.55 bits per heavy atom. The van der Waals surface area contributed by atoms with Crippen LogP contribution in [-0.2, 0) is 11.2 Å². The maximum atomic E-state index is 11.6. The number of anilines is 1. The van der Waals surface area contributed by atoms with E-state index in [2.05, 4.69) is 10.6 Å². The van der Waals surface area contributed by atoms with E-state index in [4.69, 9.17) is 5.11 Å². The summed E-state index contributed by atoms with van der Waals surface area (Å²) in [6, 6.07) is 6.99. The number of aliphatic carboxylic acids is 1. The monoisotopic (exact) mass is 296 g/mol. The predicted octanol–water partition coefficient (Wildman–Crippen LogP) is 2.58. The molecule has 0 saturated heterocycles. The lowest BCUT2D eigenvalue weighted by molar-refractivity contribution is -0.136. The van der Waals surface area contributed by atoms with E-state index < -0.39 is 5.97 Å². The molecule has 0 aliphatic rings. The Morgan fingerprint density at radius 1 is 1.25 bits per heavy atom. The van der Waals surface area contributed by atoms with E-state index in [0.29, 0.717) is 18.7 Å². The summed E-state index contributed by atoms with van der Waals surface area (Å²) in [5.41, 5.74) is 1.64. The number of thioether (sulfide) groups is 1. The van der Waals surface area contributed by atoms with Gasteiger partial charge in [0, 0.05) is 18.7 Å². The number of urea groups is 1. The quantitative estimate of drug-likeness (QED) is 0.644. The van der Waals surface area contributed by atoms with Crippen LogP contribution >= 0.6 is 11.8 Å². The fourth-order valence-corrected chi connectivity index (χ4v) is 2.03. The first kappa shape index (κ1) is 16.4. The van der Waals surface area contributed by atoms with Gasteiger partial charge in [0.2, 0.25) is 0 Å². The number of carboxylic acids is 1. The van der Waals surface area contributed by atoms with Crippen LogP contribution in [0.2, 0.25) is 0 Å². The average molecular weight is 296 g/mol. The molecule has 0 aliphatic carbocycles. The molecule has 0 unspecified atom stereocenters. The zero-order valence-electron chi connectivity index (χ0n) is 11.5. The molecule has 0 atom stereocenters. The summed E-state index contributed by atoms with van der Waals surface area (Å²) < 4.78 is 0. The number of carbonyl (C=O) groups is 2. The van der Waals surface area contributed by atoms with Gasteiger partial charge < -0.3 is 15.7 Å². The zero-order valence-corrected chi connectivity index (χ0v) is 12.3. The number of nitrogens with one attached hydrogen (secondary N) is 2. The first-order chi connectivity index (χ1) is 9.61. The topological polar surface area (TPSA) is 78.4 Å². The van der Waals surface area contributed by atoms with Crippen LogP contribution in [0.1, 0.15) is 18.4 Å². The minimum atomic E-state index is -0.808. The molecule has 0 fully saturated rings. The van der Waals surface area contributed by atoms with Crippen LogP contribution < -0.4 is 10.6 Å². The van der Waals surface area contributed by atoms with Gasteiger partial charge in [-0.15, -0.1) is 0 Å². The van der Waals surface area contributed by atoms with Crippen molar-refractivity contribution in [1.82, 2.24) is 5.32 Å². The number of hydrogen-bond donors (Lipinski definition) is 3. The van der Waals surface area contributed by atoms with Crippen LogP contribution in [0.15, 0.2) is 24.3 Å². The molecule has 0 spiro atoms. The van der Waals surface area contributed by atoms with Crippen molar-refractivity contribution in [1.29, 1.82) is 0 Å². The van der Waals surface area contributed by atoms with Crippen molar-refractivity contribution >= 4 is 29.4 Å². The largest absolute Gasteiger partial charge is 0.481 e. The minimum absolute atomic E-state index is 0.114. The summed E-state index contributed by atoms with van der Waals surface area (Å²) in [6.45, 7) is 0.656. The van der Waals surface area contributed by atoms with E-state index in [-0.39, 0.29) is 12.5 Å². The molecule has 0 aromatic heterocycles. The van der Waals surface area contributed by atoms with Gasteiger partial charge in [0.15, 0.2) is 0 Å². The number of rotatable bonds is 8. The highest BCUT2D eigenvalue weighted by Crippen LogP contribution is 2.11. The molecule has 0 aliphatic heterocycles. The normalized spacial score (nSPS) is 10.1. The first-order valence-electron chi connectivity index (χ1n) is 6.46. The highest BCUT2D eigenvalue weighted by molar-refractivity contribution is 7.98. The number of carboxylic acid groups (broad SMARTS) is 1. The predicted molar refractivity (Wildman–Crippen MR) is 82.4 cm³/mol. The highest BCUT2D eigenvalue weighted by Gasteiger charge is 2.02. The molecule has 5 nitrogen and oxygen atoms in total. The Morgan fingerprint density at radius 2 is 1.95 bits per heavy atom. The summed E-state index contributed by atoms with van der Waals surface area (Å²) in [5.74, 6) is 0.218. The second-order valence-electron chi connectivity index (χ2n) is 4.32. The van der Waals surface area contributed by atoms with Crippen LogP contribution in [0.5, 0.6) is 0 Å². The third kappa shape index (κ3) is 7.04. The fraction of sp³-hybridized carbons (Fsp3) is 0.429. The Hall–Kier alpha value is -1.69. The Kier molecular flexibility index (Phi) is 7.57. The highest BCUT2D eigenvalue weighted by atomic mass is 32.2. The third-order valence-corrected chi connectivity index (χ3v) is 3.35. The van der Waals surface area contributed by atoms with Crippen molar-refractivity contribution in [3.63, 3.8) is 0 Å². The lowest BCUT2D eigenvalue weighted by atomic mass is 10.1. The van der Waals surface area contributed by atoms with Gasteiger partial charge in [0.05, 0.1) is 0 Å². The van der Waals surface area contributed by atoms with Crippen molar-refractivity contribution in [2.75, 3.05) is 23.9 Å². The first-order valence-corrected chi connectivity index (χ1v) is 7.85. The van der Waals surface area contributed by atoms with E-state index >= 15 is 0 Å². The molecule has 1 aromatic rings. The van der Waals surface area contributed by atoms with Crippen LogP contribution in [-0.4, -0.2) is 35.7 Å². The van der Waals surface area contributed by atoms with Gasteiger partial charge in [-0.3, -0.25) is 4.79 Å². The second kappa shape index (κ2) is 9.25. The fourth-order valence-electron chi connectivity index (χ4n) is 1.60. The molecule has 1 rings (SSSR count). The molecule has 0 saturated carbocycles. The molecular formula is C14H20N2O3S. The Balaban J connectivity index is 2.33. The molecule has 2 amide bonds. The van der Waals surface area contributed by atoms with Crippen molar-refractivity contribution in [3.8, 4) is 0 Å². The van der Waals surface area contributed by atoms with Crippen molar-refractivity contribution in [3.05, 3.63) is 29.8 Å². The van der Waals surface area contributed by atoms with E-state index in [1.165, 1.54) is 0 Å². The summed E-state index contributed by atoms with van der Waals surface area (Å²) in [7, 11) is 0. The van der Waals surface area contributed by atoms with Gasteiger partial charge >= 0.3 is 12.0 Å². The van der Waals surface area contributed by atoms with E-state index in [9.17, 15) is 9.59 Å². The van der Waals surface area contributed by atoms with Crippen molar-refractivity contribution in [2.24, 2.45) is 0 Å². The maximum absolute atomic E-state index is 11.6. The van der Waals surface area contributed by atoms with Gasteiger partial charge in [-0.05, 0) is 42.5 Å². The number of amides is 2. The average Bonchev–Trinajstić information content (AvgIpc) is 2.43. The molecule has 0 radical (unpaired) electrons. The number of benzene rings is 1. The van der Waals surface area contributed by atoms with Gasteiger partial charge in [-0.1, -0.05) is 12.1 Å². The second-order valence-corrected chi connectivity index (χ2v) is 5.30. The molecule has 0 heterocycles. The molecular weight excluding hydrogens is 276 g/mol. The Labute approximate surface area is 123 Å². The van der Waals surface area contributed by atoms with Gasteiger partial charge in [0.25, 0.3) is 0 Å². The molecule has 1 aromatic carbocycles. The van der Waals surface area contributed by atoms with Gasteiger partial charge in [-0.2, -0.15) is 11.8 Å². The minimum Gasteiger partial charge on any atom is -0.481 e. The summed E-state index contributed by atoms with van der Waals surface area (Å²) in [4.78, 5) is 22.0. The van der Waals surface area contributed by atoms with E-state index in [0.717, 1.165) is 17.7 Å². The summed E-state index contributed by atoms with van der Waals surface area (Å²) in [6.07, 6.45) is 3.59. The van der Waals surface area contributed by atoms with Crippen LogP contribution in [0, 0.1) is 0 Å². The van der Waals surface area contributed by atoms with Crippen molar-refractivity contribution < 1.29 is 14.7 Å². The molecule has 110 valence electrons. The van der Waals surface area contributed by atoms with Crippen molar-refractivity contribution in [2.45, 2.75) is 19.3 Å². The molecule has 0 bridgehead atoms. The van der Waals surface area contributed by atoms with Crippen LogP contribution in [0.4, 0.5) is 10.5 Å². The van der Waals surface area contributed by atoms with Crippen LogP contribution in [0.25, 0.3) is 0 Å². The number of carbonyl (C=O) groups excluding carboxylic acids is 1. The standard InChI is InChI=1S/C14H20N2O3S/c1-20-10-2-9-15-14(19)16-12-6-3-11(4-7-12)5-8-13(17)18/h3-4,6-7H,2,5,8-10H2,1H3,(H,17,18)(H2,15,16,19). The van der Waals surface area contributed by atoms with Crippen LogP contribution in [0.3, 0.4) is 0 Å².